The summed E-state index contributed by atoms with van der Waals surface area (Å²) in [6.07, 6.45) is 0. The van der Waals surface area contributed by atoms with Gasteiger partial charge in [0.1, 0.15) is 0 Å². The van der Waals surface area contributed by atoms with E-state index in [2.05, 4.69) is 0 Å². The van der Waals surface area contributed by atoms with Crippen molar-refractivity contribution in [1.29, 1.82) is 0 Å². The molecule has 0 saturated heterocycles. The van der Waals surface area contributed by atoms with Gasteiger partial charge in [0.05, 0.1) is 0 Å². The van der Waals surface area contributed by atoms with Gasteiger partial charge in [0, 0.05) is 6.67 Å². The Balaban J connectivity index is 0. The van der Waals surface area contributed by atoms with Gasteiger partial charge in [-0.25, -0.2) is 0 Å². The van der Waals surface area contributed by atoms with Crippen LogP contribution in [0, 0.1) is 0 Å². The molecule has 0 fully saturated rings. The molecule has 0 aromatic heterocycles. The summed E-state index contributed by atoms with van der Waals surface area (Å²) in [4.78, 5) is 1.90. The normalized spacial score (nSPS) is 8.25. The highest BCUT2D eigenvalue weighted by atomic mass is 15.1. The molecule has 0 aliphatic heterocycles. The largest absolute Gasteiger partial charge is 0.331 e. The minimum atomic E-state index is 0.639. The molecule has 0 rings (SSSR count). The van der Waals surface area contributed by atoms with E-state index in [1.54, 1.807) is 0 Å². The molecule has 0 unspecified atom stereocenters. The maximum Gasteiger partial charge on any atom is 0.0449 e. The highest BCUT2D eigenvalue weighted by Gasteiger charge is 1.71. The zero-order chi connectivity index (χ0) is 6.99. The molecular formula is C5H17N3. The Labute approximate surface area is 51.6 Å². The molecule has 0 radical (unpaired) electrons. The minimum absolute atomic E-state index is 0.639. The number of hydrogen-bond donors (Lipinski definition) is 2. The Kier molecular flexibility index (Phi) is 13.5. The van der Waals surface area contributed by atoms with E-state index in [4.69, 9.17) is 11.5 Å². The van der Waals surface area contributed by atoms with E-state index in [1.165, 1.54) is 0 Å². The van der Waals surface area contributed by atoms with Gasteiger partial charge >= 0.3 is 0 Å². The summed E-state index contributed by atoms with van der Waals surface area (Å²) in [7, 11) is 3.86. The Morgan fingerprint density at radius 2 is 1.38 bits per heavy atom. The lowest BCUT2D eigenvalue weighted by atomic mass is 10.8. The monoisotopic (exact) mass is 119 g/mol. The van der Waals surface area contributed by atoms with Crippen molar-refractivity contribution in [2.45, 2.75) is 6.92 Å². The molecule has 0 atom stereocenters. The van der Waals surface area contributed by atoms with Crippen LogP contribution in [0.25, 0.3) is 0 Å². The van der Waals surface area contributed by atoms with Crippen molar-refractivity contribution >= 4 is 0 Å². The summed E-state index contributed by atoms with van der Waals surface area (Å²) in [6, 6.07) is 0. The molecule has 0 aromatic rings. The van der Waals surface area contributed by atoms with Gasteiger partial charge in [0.15, 0.2) is 0 Å². The second-order valence-electron chi connectivity index (χ2n) is 1.67. The van der Waals surface area contributed by atoms with Crippen molar-refractivity contribution in [3.8, 4) is 0 Å². The third kappa shape index (κ3) is 39.6. The van der Waals surface area contributed by atoms with Crippen molar-refractivity contribution in [1.82, 2.24) is 4.90 Å². The molecule has 0 spiro atoms. The quantitative estimate of drug-likeness (QED) is 0.454. The van der Waals surface area contributed by atoms with Crippen LogP contribution in [0.2, 0.25) is 0 Å². The van der Waals surface area contributed by atoms with Gasteiger partial charge in [-0.3, -0.25) is 4.90 Å². The molecule has 3 heteroatoms. The van der Waals surface area contributed by atoms with Crippen molar-refractivity contribution in [3.05, 3.63) is 0 Å². The first-order valence-corrected chi connectivity index (χ1v) is 2.73. The Morgan fingerprint density at radius 1 is 1.25 bits per heavy atom. The fraction of sp³-hybridized carbons (Fsp3) is 1.00. The van der Waals surface area contributed by atoms with Crippen molar-refractivity contribution in [2.75, 3.05) is 27.3 Å². The number of nitrogens with two attached hydrogens (primary N) is 2. The summed E-state index contributed by atoms with van der Waals surface area (Å²) >= 11 is 0. The van der Waals surface area contributed by atoms with Gasteiger partial charge in [0.2, 0.25) is 0 Å². The lowest BCUT2D eigenvalue weighted by molar-refractivity contribution is 0.423. The van der Waals surface area contributed by atoms with Gasteiger partial charge in [-0.1, -0.05) is 6.92 Å². The first-order valence-electron chi connectivity index (χ1n) is 2.73. The van der Waals surface area contributed by atoms with Crippen LogP contribution in [-0.4, -0.2) is 32.2 Å². The maximum absolute atomic E-state index is 5.10. The third-order valence-corrected chi connectivity index (χ3v) is 0.365. The van der Waals surface area contributed by atoms with Crippen LogP contribution in [0.5, 0.6) is 0 Å². The zero-order valence-corrected chi connectivity index (χ0v) is 6.02. The van der Waals surface area contributed by atoms with Crippen LogP contribution in [0.1, 0.15) is 6.92 Å². The molecule has 8 heavy (non-hydrogen) atoms. The van der Waals surface area contributed by atoms with Gasteiger partial charge in [-0.05, 0) is 20.6 Å². The zero-order valence-electron chi connectivity index (χ0n) is 6.02. The molecule has 0 aliphatic carbocycles. The van der Waals surface area contributed by atoms with Gasteiger partial charge in [-0.2, -0.15) is 0 Å². The lowest BCUT2D eigenvalue weighted by Gasteiger charge is -2.00. The standard InChI is InChI=1S/C3H10N2.C2H7N/c1-5(2)3-4;1-2-3/h3-4H2,1-2H3;2-3H2,1H3. The number of nitrogens with zero attached hydrogens (tertiary/aromatic N) is 1. The maximum atomic E-state index is 5.10. The summed E-state index contributed by atoms with van der Waals surface area (Å²) in [5, 5.41) is 0. The van der Waals surface area contributed by atoms with Crippen molar-refractivity contribution in [3.63, 3.8) is 0 Å². The van der Waals surface area contributed by atoms with E-state index in [1.807, 2.05) is 25.9 Å². The first-order chi connectivity index (χ1) is 3.68. The van der Waals surface area contributed by atoms with Crippen LogP contribution >= 0.6 is 0 Å². The van der Waals surface area contributed by atoms with Gasteiger partial charge in [0.25, 0.3) is 0 Å². The van der Waals surface area contributed by atoms with E-state index in [-0.39, 0.29) is 0 Å². The molecule has 0 bridgehead atoms. The third-order valence-electron chi connectivity index (χ3n) is 0.365. The fourth-order valence-corrected chi connectivity index (χ4v) is 0. The van der Waals surface area contributed by atoms with E-state index < -0.39 is 0 Å². The second kappa shape index (κ2) is 9.99. The lowest BCUT2D eigenvalue weighted by Crippen LogP contribution is -2.20. The number of hydrogen-bond acceptors (Lipinski definition) is 3. The smallest absolute Gasteiger partial charge is 0.0449 e. The molecule has 3 nitrogen and oxygen atoms in total. The van der Waals surface area contributed by atoms with E-state index in [9.17, 15) is 0 Å². The highest BCUT2D eigenvalue weighted by molar-refractivity contribution is 4.23. The Morgan fingerprint density at radius 3 is 1.38 bits per heavy atom. The predicted octanol–water partition coefficient (Wildman–Crippen LogP) is -0.571. The van der Waals surface area contributed by atoms with E-state index >= 15 is 0 Å². The van der Waals surface area contributed by atoms with Crippen molar-refractivity contribution < 1.29 is 0 Å². The van der Waals surface area contributed by atoms with Crippen molar-refractivity contribution in [2.24, 2.45) is 11.5 Å². The highest BCUT2D eigenvalue weighted by Crippen LogP contribution is 1.55. The summed E-state index contributed by atoms with van der Waals surface area (Å²) < 4.78 is 0. The fourth-order valence-electron chi connectivity index (χ4n) is 0. The van der Waals surface area contributed by atoms with Gasteiger partial charge in [-0.15, -0.1) is 0 Å². The minimum Gasteiger partial charge on any atom is -0.331 e. The van der Waals surface area contributed by atoms with Crippen LogP contribution < -0.4 is 11.5 Å². The van der Waals surface area contributed by atoms with E-state index in [0.29, 0.717) is 6.67 Å². The Hall–Kier alpha value is -0.120. The summed E-state index contributed by atoms with van der Waals surface area (Å²) in [5.74, 6) is 0. The average Bonchev–Trinajstić information content (AvgIpc) is 1.69. The number of rotatable bonds is 1. The Bertz CT molecular complexity index is 28.9. The molecular weight excluding hydrogens is 102 g/mol. The average molecular weight is 119 g/mol. The molecule has 0 saturated carbocycles. The predicted molar refractivity (Wildman–Crippen MR) is 37.5 cm³/mol. The van der Waals surface area contributed by atoms with Crippen LogP contribution in [0.4, 0.5) is 0 Å². The summed E-state index contributed by atoms with van der Waals surface area (Å²) in [5.41, 5.74) is 9.94. The topological polar surface area (TPSA) is 55.3 Å². The molecule has 0 aliphatic rings. The summed E-state index contributed by atoms with van der Waals surface area (Å²) in [6.45, 7) is 3.29. The second-order valence-corrected chi connectivity index (χ2v) is 1.67. The molecule has 0 aromatic carbocycles. The molecule has 4 N–H and O–H groups in total. The first kappa shape index (κ1) is 10.8. The molecule has 0 heterocycles. The van der Waals surface area contributed by atoms with Crippen LogP contribution in [0.15, 0.2) is 0 Å². The SMILES string of the molecule is CCN.CN(C)CN. The van der Waals surface area contributed by atoms with Crippen LogP contribution in [-0.2, 0) is 0 Å². The van der Waals surface area contributed by atoms with Gasteiger partial charge < -0.3 is 11.5 Å². The molecule has 52 valence electrons. The van der Waals surface area contributed by atoms with E-state index in [0.717, 1.165) is 6.54 Å². The van der Waals surface area contributed by atoms with Crippen LogP contribution in [0.3, 0.4) is 0 Å². The molecule has 0 amide bonds.